The van der Waals surface area contributed by atoms with Crippen LogP contribution in [0, 0.1) is 6.92 Å². The van der Waals surface area contributed by atoms with E-state index in [1.54, 1.807) is 0 Å². The number of carbonyl (C=O) groups excluding carboxylic acids is 1. The molecule has 2 aromatic carbocycles. The first-order valence-electron chi connectivity index (χ1n) is 6.58. The Morgan fingerprint density at radius 1 is 1.00 bits per heavy atom. The second kappa shape index (κ2) is 4.82. The molecule has 0 heterocycles. The lowest BCUT2D eigenvalue weighted by Gasteiger charge is -2.16. The molecule has 0 saturated heterocycles. The fourth-order valence-corrected chi connectivity index (χ4v) is 2.87. The minimum absolute atomic E-state index is 0.266. The zero-order valence-corrected chi connectivity index (χ0v) is 11.6. The maximum atomic E-state index is 12.0. The third-order valence-electron chi connectivity index (χ3n) is 3.77. The van der Waals surface area contributed by atoms with Crippen molar-refractivity contribution in [3.63, 3.8) is 0 Å². The number of rotatable bonds is 1. The zero-order chi connectivity index (χ0) is 13.4. The summed E-state index contributed by atoms with van der Waals surface area (Å²) in [5.74, 6) is 0.266. The molecule has 0 spiro atoms. The molecule has 0 bridgehead atoms. The monoisotopic (exact) mass is 270 g/mol. The van der Waals surface area contributed by atoms with Crippen LogP contribution in [0.15, 0.2) is 36.4 Å². The van der Waals surface area contributed by atoms with E-state index in [-0.39, 0.29) is 5.78 Å². The molecule has 1 nitrogen and oxygen atoms in total. The van der Waals surface area contributed by atoms with Gasteiger partial charge in [-0.05, 0) is 60.2 Å². The van der Waals surface area contributed by atoms with E-state index in [4.69, 9.17) is 11.6 Å². The Hall–Kier alpha value is -1.60. The van der Waals surface area contributed by atoms with Gasteiger partial charge >= 0.3 is 0 Å². The molecular formula is C17H15ClO. The standard InChI is InChI=1S/C17H15ClO/c1-11-5-8-14(18)10-15(11)13-7-6-12-3-2-4-17(19)16(12)9-13/h5-10H,2-4H2,1H3. The van der Waals surface area contributed by atoms with Crippen LogP contribution < -0.4 is 0 Å². The van der Waals surface area contributed by atoms with Crippen LogP contribution >= 0.6 is 11.6 Å². The Morgan fingerprint density at radius 2 is 1.84 bits per heavy atom. The molecular weight excluding hydrogens is 256 g/mol. The summed E-state index contributed by atoms with van der Waals surface area (Å²) in [7, 11) is 0. The van der Waals surface area contributed by atoms with Gasteiger partial charge in [0.1, 0.15) is 0 Å². The van der Waals surface area contributed by atoms with Crippen molar-refractivity contribution in [3.05, 3.63) is 58.1 Å². The summed E-state index contributed by atoms with van der Waals surface area (Å²) in [5, 5.41) is 0.727. The molecule has 0 saturated carbocycles. The Morgan fingerprint density at radius 3 is 2.68 bits per heavy atom. The summed E-state index contributed by atoms with van der Waals surface area (Å²) in [6.07, 6.45) is 2.65. The van der Waals surface area contributed by atoms with E-state index in [1.807, 2.05) is 24.3 Å². The molecule has 0 aliphatic heterocycles. The lowest BCUT2D eigenvalue weighted by molar-refractivity contribution is 0.0972. The maximum absolute atomic E-state index is 12.0. The molecule has 0 fully saturated rings. The van der Waals surface area contributed by atoms with Crippen molar-refractivity contribution >= 4 is 17.4 Å². The zero-order valence-electron chi connectivity index (χ0n) is 10.9. The number of Topliss-reactive ketones (excluding diaryl/α,β-unsaturated/α-hetero) is 1. The molecule has 1 aliphatic carbocycles. The molecule has 0 atom stereocenters. The first-order chi connectivity index (χ1) is 9.15. The predicted molar refractivity (Wildman–Crippen MR) is 78.9 cm³/mol. The van der Waals surface area contributed by atoms with Crippen molar-refractivity contribution in [3.8, 4) is 11.1 Å². The molecule has 2 aromatic rings. The average Bonchev–Trinajstić information content (AvgIpc) is 2.42. The largest absolute Gasteiger partial charge is 0.294 e. The van der Waals surface area contributed by atoms with Crippen LogP contribution in [0.5, 0.6) is 0 Å². The van der Waals surface area contributed by atoms with Gasteiger partial charge < -0.3 is 0 Å². The highest BCUT2D eigenvalue weighted by Gasteiger charge is 2.17. The van der Waals surface area contributed by atoms with Crippen LogP contribution in [0.3, 0.4) is 0 Å². The van der Waals surface area contributed by atoms with Crippen molar-refractivity contribution < 1.29 is 4.79 Å². The number of fused-ring (bicyclic) bond motifs is 1. The molecule has 0 aromatic heterocycles. The summed E-state index contributed by atoms with van der Waals surface area (Å²) in [5.41, 5.74) is 5.43. The second-order valence-electron chi connectivity index (χ2n) is 5.11. The molecule has 0 radical (unpaired) electrons. The summed E-state index contributed by atoms with van der Waals surface area (Å²) >= 11 is 6.07. The number of hydrogen-bond donors (Lipinski definition) is 0. The first kappa shape index (κ1) is 12.4. The van der Waals surface area contributed by atoms with Gasteiger partial charge in [0.05, 0.1) is 0 Å². The number of halogens is 1. The third-order valence-corrected chi connectivity index (χ3v) is 4.01. The second-order valence-corrected chi connectivity index (χ2v) is 5.54. The number of ketones is 1. The molecule has 0 N–H and O–H groups in total. The highest BCUT2D eigenvalue weighted by Crippen LogP contribution is 2.30. The summed E-state index contributed by atoms with van der Waals surface area (Å²) in [6.45, 7) is 2.06. The smallest absolute Gasteiger partial charge is 0.163 e. The van der Waals surface area contributed by atoms with E-state index in [0.29, 0.717) is 6.42 Å². The van der Waals surface area contributed by atoms with Gasteiger partial charge in [0, 0.05) is 17.0 Å². The van der Waals surface area contributed by atoms with Gasteiger partial charge in [0.25, 0.3) is 0 Å². The minimum Gasteiger partial charge on any atom is -0.294 e. The molecule has 0 amide bonds. The fourth-order valence-electron chi connectivity index (χ4n) is 2.70. The van der Waals surface area contributed by atoms with Gasteiger partial charge in [-0.15, -0.1) is 0 Å². The van der Waals surface area contributed by atoms with E-state index >= 15 is 0 Å². The molecule has 0 unspecified atom stereocenters. The van der Waals surface area contributed by atoms with Crippen LogP contribution in [0.25, 0.3) is 11.1 Å². The van der Waals surface area contributed by atoms with E-state index in [0.717, 1.165) is 34.6 Å². The van der Waals surface area contributed by atoms with Gasteiger partial charge in [0.2, 0.25) is 0 Å². The third kappa shape index (κ3) is 2.31. The van der Waals surface area contributed by atoms with Crippen molar-refractivity contribution in [1.82, 2.24) is 0 Å². The van der Waals surface area contributed by atoms with Crippen molar-refractivity contribution in [1.29, 1.82) is 0 Å². The Bertz CT molecular complexity index is 658. The molecule has 2 heteroatoms. The van der Waals surface area contributed by atoms with Crippen LogP contribution in [-0.4, -0.2) is 5.78 Å². The maximum Gasteiger partial charge on any atom is 0.163 e. The molecule has 19 heavy (non-hydrogen) atoms. The van der Waals surface area contributed by atoms with Gasteiger partial charge in [-0.25, -0.2) is 0 Å². The average molecular weight is 271 g/mol. The molecule has 3 rings (SSSR count). The highest BCUT2D eigenvalue weighted by atomic mass is 35.5. The van der Waals surface area contributed by atoms with Crippen LogP contribution in [0.1, 0.15) is 34.3 Å². The van der Waals surface area contributed by atoms with Crippen LogP contribution in [-0.2, 0) is 6.42 Å². The predicted octanol–water partition coefficient (Wildman–Crippen LogP) is 4.83. The normalized spacial score (nSPS) is 14.3. The summed E-state index contributed by atoms with van der Waals surface area (Å²) in [6, 6.07) is 12.1. The lowest BCUT2D eigenvalue weighted by Crippen LogP contribution is -2.10. The van der Waals surface area contributed by atoms with Crippen LogP contribution in [0.4, 0.5) is 0 Å². The van der Waals surface area contributed by atoms with Crippen LogP contribution in [0.2, 0.25) is 5.02 Å². The number of aryl methyl sites for hydroxylation is 2. The van der Waals surface area contributed by atoms with Gasteiger partial charge in [0.15, 0.2) is 5.78 Å². The van der Waals surface area contributed by atoms with E-state index < -0.39 is 0 Å². The number of hydrogen-bond acceptors (Lipinski definition) is 1. The summed E-state index contributed by atoms with van der Waals surface area (Å²) < 4.78 is 0. The number of benzene rings is 2. The SMILES string of the molecule is Cc1ccc(Cl)cc1-c1ccc2c(c1)C(=O)CCC2. The van der Waals surface area contributed by atoms with Crippen molar-refractivity contribution in [2.45, 2.75) is 26.2 Å². The van der Waals surface area contributed by atoms with Gasteiger partial charge in [-0.3, -0.25) is 4.79 Å². The Labute approximate surface area is 118 Å². The van der Waals surface area contributed by atoms with E-state index in [9.17, 15) is 4.79 Å². The van der Waals surface area contributed by atoms with Crippen molar-refractivity contribution in [2.24, 2.45) is 0 Å². The lowest BCUT2D eigenvalue weighted by atomic mass is 9.87. The van der Waals surface area contributed by atoms with E-state index in [1.165, 1.54) is 11.1 Å². The van der Waals surface area contributed by atoms with Gasteiger partial charge in [-0.2, -0.15) is 0 Å². The Balaban J connectivity index is 2.14. The first-order valence-corrected chi connectivity index (χ1v) is 6.95. The topological polar surface area (TPSA) is 17.1 Å². The van der Waals surface area contributed by atoms with E-state index in [2.05, 4.69) is 19.1 Å². The Kier molecular flexibility index (Phi) is 3.16. The minimum atomic E-state index is 0.266. The fraction of sp³-hybridized carbons (Fsp3) is 0.235. The van der Waals surface area contributed by atoms with Crippen molar-refractivity contribution in [2.75, 3.05) is 0 Å². The molecule has 1 aliphatic rings. The number of carbonyl (C=O) groups is 1. The summed E-state index contributed by atoms with van der Waals surface area (Å²) in [4.78, 5) is 12.0. The highest BCUT2D eigenvalue weighted by molar-refractivity contribution is 6.30. The quantitative estimate of drug-likeness (QED) is 0.725. The van der Waals surface area contributed by atoms with Gasteiger partial charge in [-0.1, -0.05) is 29.8 Å². The molecule has 96 valence electrons.